The average molecular weight is 481 g/mol. The molecule has 3 aromatic carbocycles. The number of nitrogens with one attached hydrogen (secondary N) is 2. The number of sulfonamides is 1. The van der Waals surface area contributed by atoms with Crippen LogP contribution in [0.3, 0.4) is 0 Å². The minimum Gasteiger partial charge on any atom is -0.452 e. The topological polar surface area (TPSA) is 119 Å². The summed E-state index contributed by atoms with van der Waals surface area (Å²) in [4.78, 5) is 36.4. The zero-order valence-electron chi connectivity index (χ0n) is 18.7. The largest absolute Gasteiger partial charge is 0.452 e. The molecule has 2 amide bonds. The summed E-state index contributed by atoms with van der Waals surface area (Å²) in [6, 6.07) is 19.8. The van der Waals surface area contributed by atoms with Gasteiger partial charge in [0.05, 0.1) is 16.9 Å². The van der Waals surface area contributed by atoms with Crippen molar-refractivity contribution < 1.29 is 27.5 Å². The highest BCUT2D eigenvalue weighted by Gasteiger charge is 2.20. The van der Waals surface area contributed by atoms with E-state index in [0.29, 0.717) is 11.3 Å². The van der Waals surface area contributed by atoms with Gasteiger partial charge in [-0.25, -0.2) is 13.2 Å². The molecule has 9 heteroatoms. The first-order valence-electron chi connectivity index (χ1n) is 10.4. The monoisotopic (exact) mass is 480 g/mol. The van der Waals surface area contributed by atoms with Crippen molar-refractivity contribution in [1.29, 1.82) is 0 Å². The molecule has 0 saturated heterocycles. The van der Waals surface area contributed by atoms with Crippen LogP contribution in [0.2, 0.25) is 0 Å². The van der Waals surface area contributed by atoms with Gasteiger partial charge in [0.25, 0.3) is 15.9 Å². The summed E-state index contributed by atoms with van der Waals surface area (Å²) in [7, 11) is -3.96. The van der Waals surface area contributed by atoms with Crippen LogP contribution in [0.15, 0.2) is 77.7 Å². The number of imide groups is 1. The molecule has 0 aliphatic carbocycles. The summed E-state index contributed by atoms with van der Waals surface area (Å²) in [5, 5.41) is 2.16. The summed E-state index contributed by atoms with van der Waals surface area (Å²) in [6.07, 6.45) is 0.00742. The Morgan fingerprint density at radius 3 is 2.29 bits per heavy atom. The van der Waals surface area contributed by atoms with Gasteiger partial charge in [0.15, 0.2) is 6.61 Å². The standard InChI is InChI=1S/C25H24N2O6S/c1-17-7-6-10-20(13-17)27-34(31,32)21-12-11-18(2)22(15-21)25(30)33-16-24(29)26-23(28)14-19-8-4-3-5-9-19/h3-13,15,27H,14,16H2,1-2H3,(H,26,28,29). The van der Waals surface area contributed by atoms with Crippen LogP contribution in [-0.2, 0) is 30.8 Å². The van der Waals surface area contributed by atoms with E-state index in [0.717, 1.165) is 11.1 Å². The van der Waals surface area contributed by atoms with E-state index >= 15 is 0 Å². The van der Waals surface area contributed by atoms with Crippen LogP contribution >= 0.6 is 0 Å². The van der Waals surface area contributed by atoms with E-state index in [1.165, 1.54) is 18.2 Å². The molecule has 34 heavy (non-hydrogen) atoms. The number of carbonyl (C=O) groups is 3. The Morgan fingerprint density at radius 1 is 0.853 bits per heavy atom. The fraction of sp³-hybridized carbons (Fsp3) is 0.160. The van der Waals surface area contributed by atoms with Crippen molar-refractivity contribution in [2.45, 2.75) is 25.2 Å². The van der Waals surface area contributed by atoms with Crippen LogP contribution in [0.5, 0.6) is 0 Å². The molecule has 2 N–H and O–H groups in total. The molecule has 0 fully saturated rings. The van der Waals surface area contributed by atoms with Gasteiger partial charge in [-0.3, -0.25) is 19.6 Å². The van der Waals surface area contributed by atoms with E-state index in [1.807, 2.05) is 19.1 Å². The Morgan fingerprint density at radius 2 is 1.59 bits per heavy atom. The fourth-order valence-electron chi connectivity index (χ4n) is 3.14. The molecule has 0 radical (unpaired) electrons. The summed E-state index contributed by atoms with van der Waals surface area (Å²) in [6.45, 7) is 2.77. The normalized spacial score (nSPS) is 10.9. The molecule has 3 aromatic rings. The lowest BCUT2D eigenvalue weighted by molar-refractivity contribution is -0.132. The Hall–Kier alpha value is -3.98. The van der Waals surface area contributed by atoms with E-state index in [-0.39, 0.29) is 16.9 Å². The molecule has 0 bridgehead atoms. The SMILES string of the molecule is Cc1cccc(NS(=O)(=O)c2ccc(C)c(C(=O)OCC(=O)NC(=O)Cc3ccccc3)c2)c1. The molecule has 0 aromatic heterocycles. The van der Waals surface area contributed by atoms with Crippen molar-refractivity contribution in [2.24, 2.45) is 0 Å². The smallest absolute Gasteiger partial charge is 0.338 e. The number of carbonyl (C=O) groups excluding carboxylic acids is 3. The zero-order chi connectivity index (χ0) is 24.7. The molecule has 0 atom stereocenters. The molecule has 0 heterocycles. The highest BCUT2D eigenvalue weighted by molar-refractivity contribution is 7.92. The van der Waals surface area contributed by atoms with E-state index in [9.17, 15) is 22.8 Å². The zero-order valence-corrected chi connectivity index (χ0v) is 19.5. The molecule has 0 aliphatic rings. The molecule has 8 nitrogen and oxygen atoms in total. The minimum atomic E-state index is -3.96. The van der Waals surface area contributed by atoms with Crippen LogP contribution < -0.4 is 10.0 Å². The molecule has 0 spiro atoms. The third kappa shape index (κ3) is 6.76. The summed E-state index contributed by atoms with van der Waals surface area (Å²) >= 11 is 0. The maximum atomic E-state index is 12.8. The van der Waals surface area contributed by atoms with Gasteiger partial charge < -0.3 is 4.74 Å². The number of amides is 2. The first-order valence-corrected chi connectivity index (χ1v) is 11.9. The van der Waals surface area contributed by atoms with Crippen molar-refractivity contribution in [3.8, 4) is 0 Å². The number of ether oxygens (including phenoxy) is 1. The maximum Gasteiger partial charge on any atom is 0.338 e. The van der Waals surface area contributed by atoms with Crippen LogP contribution in [0.4, 0.5) is 5.69 Å². The number of hydrogen-bond donors (Lipinski definition) is 2. The van der Waals surface area contributed by atoms with Crippen LogP contribution in [-0.4, -0.2) is 32.8 Å². The van der Waals surface area contributed by atoms with Crippen molar-refractivity contribution >= 4 is 33.5 Å². The molecule has 0 saturated carbocycles. The molecular formula is C25H24N2O6S. The second kappa shape index (κ2) is 10.8. The third-order valence-corrected chi connectivity index (χ3v) is 6.21. The number of anilines is 1. The summed E-state index contributed by atoms with van der Waals surface area (Å²) < 4.78 is 33.0. The van der Waals surface area contributed by atoms with E-state index in [1.54, 1.807) is 49.4 Å². The summed E-state index contributed by atoms with van der Waals surface area (Å²) in [5.74, 6) is -2.19. The average Bonchev–Trinajstić information content (AvgIpc) is 2.78. The van der Waals surface area contributed by atoms with Crippen molar-refractivity contribution in [3.63, 3.8) is 0 Å². The second-order valence-electron chi connectivity index (χ2n) is 7.66. The Kier molecular flexibility index (Phi) is 7.80. The number of aryl methyl sites for hydroxylation is 2. The van der Waals surface area contributed by atoms with Crippen LogP contribution in [0.1, 0.15) is 27.0 Å². The Labute approximate surface area is 198 Å². The van der Waals surface area contributed by atoms with Crippen molar-refractivity contribution in [2.75, 3.05) is 11.3 Å². The number of rotatable bonds is 8. The van der Waals surface area contributed by atoms with Gasteiger partial charge in [0, 0.05) is 5.69 Å². The molecule has 176 valence electrons. The lowest BCUT2D eigenvalue weighted by Crippen LogP contribution is -2.35. The van der Waals surface area contributed by atoms with Gasteiger partial charge in [0.1, 0.15) is 0 Å². The molecule has 3 rings (SSSR count). The fourth-order valence-corrected chi connectivity index (χ4v) is 4.21. The number of benzene rings is 3. The summed E-state index contributed by atoms with van der Waals surface area (Å²) in [5.41, 5.74) is 2.48. The third-order valence-electron chi connectivity index (χ3n) is 4.83. The lowest BCUT2D eigenvalue weighted by Gasteiger charge is -2.12. The van der Waals surface area contributed by atoms with E-state index in [4.69, 9.17) is 4.74 Å². The predicted molar refractivity (Wildman–Crippen MR) is 127 cm³/mol. The highest BCUT2D eigenvalue weighted by atomic mass is 32.2. The van der Waals surface area contributed by atoms with Crippen molar-refractivity contribution in [3.05, 3.63) is 95.1 Å². The van der Waals surface area contributed by atoms with Crippen molar-refractivity contribution in [1.82, 2.24) is 5.32 Å². The lowest BCUT2D eigenvalue weighted by atomic mass is 10.1. The minimum absolute atomic E-state index is 0.00414. The molecular weight excluding hydrogens is 456 g/mol. The van der Waals surface area contributed by atoms with Gasteiger partial charge in [-0.1, -0.05) is 48.5 Å². The van der Waals surface area contributed by atoms with Crippen LogP contribution in [0, 0.1) is 13.8 Å². The predicted octanol–water partition coefficient (Wildman–Crippen LogP) is 3.15. The van der Waals surface area contributed by atoms with E-state index in [2.05, 4.69) is 10.0 Å². The Bertz CT molecular complexity index is 1320. The highest BCUT2D eigenvalue weighted by Crippen LogP contribution is 2.20. The van der Waals surface area contributed by atoms with Gasteiger partial charge in [-0.05, 0) is 54.8 Å². The van der Waals surface area contributed by atoms with Gasteiger partial charge in [0.2, 0.25) is 5.91 Å². The number of hydrogen-bond acceptors (Lipinski definition) is 6. The second-order valence-corrected chi connectivity index (χ2v) is 9.34. The molecule has 0 unspecified atom stereocenters. The van der Waals surface area contributed by atoms with Gasteiger partial charge in [-0.15, -0.1) is 0 Å². The van der Waals surface area contributed by atoms with Crippen LogP contribution in [0.25, 0.3) is 0 Å². The van der Waals surface area contributed by atoms with Gasteiger partial charge in [-0.2, -0.15) is 0 Å². The first-order chi connectivity index (χ1) is 16.1. The molecule has 0 aliphatic heterocycles. The Balaban J connectivity index is 1.63. The van der Waals surface area contributed by atoms with Gasteiger partial charge >= 0.3 is 5.97 Å². The number of esters is 1. The quantitative estimate of drug-likeness (QED) is 0.478. The maximum absolute atomic E-state index is 12.8. The first kappa shape index (κ1) is 24.7. The van der Waals surface area contributed by atoms with E-state index < -0.39 is 34.4 Å².